The number of nitrogens with zero attached hydrogens (tertiary/aromatic N) is 4. The maximum Gasteiger partial charge on any atom is 0.251 e. The van der Waals surface area contributed by atoms with Crippen molar-refractivity contribution in [3.63, 3.8) is 0 Å². The SMILES string of the molecule is Cc1cc(C)nc(SCC(=O)N(Cc2ccccc2F)C(C(=O)Nc2ccc(N3CCOCC3)cc2)c2ccccc2)n1. The molecule has 0 aliphatic carbocycles. The Hall–Kier alpha value is -4.28. The van der Waals surface area contributed by atoms with E-state index in [0.29, 0.717) is 35.2 Å². The van der Waals surface area contributed by atoms with Crippen LogP contribution in [0.3, 0.4) is 0 Å². The smallest absolute Gasteiger partial charge is 0.251 e. The molecule has 43 heavy (non-hydrogen) atoms. The second-order valence-corrected chi connectivity index (χ2v) is 11.2. The first-order chi connectivity index (χ1) is 20.9. The Labute approximate surface area is 255 Å². The zero-order chi connectivity index (χ0) is 30.2. The number of ether oxygens (including phenoxy) is 1. The average molecular weight is 600 g/mol. The van der Waals surface area contributed by atoms with Crippen LogP contribution in [-0.4, -0.2) is 58.7 Å². The number of anilines is 2. The molecular formula is C33H34FN5O3S. The number of hydrogen-bond donors (Lipinski definition) is 1. The fourth-order valence-electron chi connectivity index (χ4n) is 5.00. The summed E-state index contributed by atoms with van der Waals surface area (Å²) in [5.74, 6) is -1.22. The highest BCUT2D eigenvalue weighted by atomic mass is 32.2. The normalized spacial score (nSPS) is 13.8. The largest absolute Gasteiger partial charge is 0.378 e. The van der Waals surface area contributed by atoms with Gasteiger partial charge in [-0.15, -0.1) is 0 Å². The second-order valence-electron chi connectivity index (χ2n) is 10.3. The molecule has 8 nitrogen and oxygen atoms in total. The summed E-state index contributed by atoms with van der Waals surface area (Å²) in [5, 5.41) is 3.46. The van der Waals surface area contributed by atoms with Crippen molar-refractivity contribution in [3.05, 3.63) is 113 Å². The molecule has 0 bridgehead atoms. The number of halogens is 1. The van der Waals surface area contributed by atoms with Gasteiger partial charge in [0.25, 0.3) is 5.91 Å². The minimum absolute atomic E-state index is 0.0256. The Morgan fingerprint density at radius 2 is 1.60 bits per heavy atom. The van der Waals surface area contributed by atoms with E-state index < -0.39 is 17.8 Å². The van der Waals surface area contributed by atoms with Crippen molar-refractivity contribution in [1.29, 1.82) is 0 Å². The van der Waals surface area contributed by atoms with Crippen LogP contribution < -0.4 is 10.2 Å². The predicted octanol–water partition coefficient (Wildman–Crippen LogP) is 5.57. The number of rotatable bonds is 10. The summed E-state index contributed by atoms with van der Waals surface area (Å²) in [6.07, 6.45) is 0. The number of carbonyl (C=O) groups is 2. The number of nitrogens with one attached hydrogen (secondary N) is 1. The minimum atomic E-state index is -1.02. The number of aryl methyl sites for hydroxylation is 2. The van der Waals surface area contributed by atoms with Crippen molar-refractivity contribution in [2.24, 2.45) is 0 Å². The number of aromatic nitrogens is 2. The molecule has 10 heteroatoms. The fraction of sp³-hybridized carbons (Fsp3) is 0.273. The molecule has 1 atom stereocenters. The van der Waals surface area contributed by atoms with Gasteiger partial charge in [-0.2, -0.15) is 0 Å². The van der Waals surface area contributed by atoms with E-state index in [4.69, 9.17) is 4.74 Å². The summed E-state index contributed by atoms with van der Waals surface area (Å²) in [6, 6.07) is 23.8. The maximum atomic E-state index is 14.9. The van der Waals surface area contributed by atoms with Gasteiger partial charge >= 0.3 is 0 Å². The Morgan fingerprint density at radius 3 is 2.28 bits per heavy atom. The summed E-state index contributed by atoms with van der Waals surface area (Å²) in [5.41, 5.74) is 4.16. The van der Waals surface area contributed by atoms with Crippen molar-refractivity contribution >= 4 is 35.0 Å². The average Bonchev–Trinajstić information content (AvgIpc) is 3.01. The molecule has 2 amide bonds. The van der Waals surface area contributed by atoms with Crippen LogP contribution in [0, 0.1) is 19.7 Å². The quantitative estimate of drug-likeness (QED) is 0.188. The molecule has 222 valence electrons. The van der Waals surface area contributed by atoms with Crippen molar-refractivity contribution < 1.29 is 18.7 Å². The van der Waals surface area contributed by atoms with Crippen LogP contribution in [0.4, 0.5) is 15.8 Å². The monoisotopic (exact) mass is 599 g/mol. The molecule has 5 rings (SSSR count). The van der Waals surface area contributed by atoms with Gasteiger partial charge in [0.05, 0.1) is 19.0 Å². The van der Waals surface area contributed by atoms with Crippen LogP contribution in [0.25, 0.3) is 0 Å². The molecule has 0 radical (unpaired) electrons. The van der Waals surface area contributed by atoms with Gasteiger partial charge in [-0.1, -0.05) is 60.3 Å². The van der Waals surface area contributed by atoms with Crippen molar-refractivity contribution in [3.8, 4) is 0 Å². The molecule has 1 saturated heterocycles. The summed E-state index contributed by atoms with van der Waals surface area (Å²) < 4.78 is 20.3. The number of benzene rings is 3. The Kier molecular flexibility index (Phi) is 10.0. The molecule has 3 aromatic carbocycles. The van der Waals surface area contributed by atoms with E-state index in [9.17, 15) is 14.0 Å². The number of carbonyl (C=O) groups excluding carboxylic acids is 2. The maximum absolute atomic E-state index is 14.9. The Bertz CT molecular complexity index is 1530. The van der Waals surface area contributed by atoms with E-state index >= 15 is 0 Å². The first kappa shape index (κ1) is 30.2. The Balaban J connectivity index is 1.43. The molecule has 1 N–H and O–H groups in total. The van der Waals surface area contributed by atoms with Gasteiger partial charge in [0.15, 0.2) is 5.16 Å². The molecule has 2 heterocycles. The zero-order valence-corrected chi connectivity index (χ0v) is 25.0. The molecule has 1 aromatic heterocycles. The number of morpholine rings is 1. The molecule has 1 unspecified atom stereocenters. The predicted molar refractivity (Wildman–Crippen MR) is 166 cm³/mol. The Morgan fingerprint density at radius 1 is 0.953 bits per heavy atom. The van der Waals surface area contributed by atoms with Gasteiger partial charge in [0, 0.05) is 48.0 Å². The van der Waals surface area contributed by atoms with Gasteiger partial charge in [0.1, 0.15) is 11.9 Å². The zero-order valence-electron chi connectivity index (χ0n) is 24.2. The lowest BCUT2D eigenvalue weighted by Crippen LogP contribution is -2.42. The highest BCUT2D eigenvalue weighted by Gasteiger charge is 2.32. The number of hydrogen-bond acceptors (Lipinski definition) is 7. The van der Waals surface area contributed by atoms with E-state index in [1.165, 1.54) is 22.7 Å². The van der Waals surface area contributed by atoms with Gasteiger partial charge in [-0.05, 0) is 55.8 Å². The van der Waals surface area contributed by atoms with Gasteiger partial charge in [-0.3, -0.25) is 9.59 Å². The first-order valence-corrected chi connectivity index (χ1v) is 15.1. The summed E-state index contributed by atoms with van der Waals surface area (Å²) in [4.78, 5) is 40.5. The van der Waals surface area contributed by atoms with Crippen molar-refractivity contribution in [2.75, 3.05) is 42.3 Å². The van der Waals surface area contributed by atoms with Crippen molar-refractivity contribution in [1.82, 2.24) is 14.9 Å². The standard InChI is InChI=1S/C33H34FN5O3S/c1-23-20-24(2)36-33(35-23)43-22-30(40)39(21-26-10-6-7-11-29(26)34)31(25-8-4-3-5-9-25)32(41)37-27-12-14-28(15-13-27)38-16-18-42-19-17-38/h3-15,20,31H,16-19,21-22H2,1-2H3,(H,37,41). The molecular weight excluding hydrogens is 565 g/mol. The van der Waals surface area contributed by atoms with Crippen LogP contribution >= 0.6 is 11.8 Å². The van der Waals surface area contributed by atoms with Gasteiger partial charge in [-0.25, -0.2) is 14.4 Å². The molecule has 1 aliphatic rings. The molecule has 0 spiro atoms. The highest BCUT2D eigenvalue weighted by Crippen LogP contribution is 2.28. The summed E-state index contributed by atoms with van der Waals surface area (Å²) in [7, 11) is 0. The van der Waals surface area contributed by atoms with E-state index in [1.54, 1.807) is 30.3 Å². The second kappa shape index (κ2) is 14.3. The lowest BCUT2D eigenvalue weighted by atomic mass is 10.0. The van der Waals surface area contributed by atoms with E-state index in [1.807, 2.05) is 62.4 Å². The summed E-state index contributed by atoms with van der Waals surface area (Å²) >= 11 is 1.19. The van der Waals surface area contributed by atoms with Crippen LogP contribution in [0.5, 0.6) is 0 Å². The topological polar surface area (TPSA) is 87.7 Å². The van der Waals surface area contributed by atoms with Crippen LogP contribution in [-0.2, 0) is 20.9 Å². The van der Waals surface area contributed by atoms with E-state index in [2.05, 4.69) is 20.2 Å². The highest BCUT2D eigenvalue weighted by molar-refractivity contribution is 7.99. The third-order valence-corrected chi connectivity index (χ3v) is 7.92. The first-order valence-electron chi connectivity index (χ1n) is 14.1. The van der Waals surface area contributed by atoms with Gasteiger partial charge < -0.3 is 19.9 Å². The molecule has 0 saturated carbocycles. The fourth-order valence-corrected chi connectivity index (χ4v) is 5.83. The lowest BCUT2D eigenvalue weighted by Gasteiger charge is -2.32. The number of thioether (sulfide) groups is 1. The lowest BCUT2D eigenvalue weighted by molar-refractivity contribution is -0.137. The number of amides is 2. The third-order valence-electron chi connectivity index (χ3n) is 7.09. The van der Waals surface area contributed by atoms with Gasteiger partial charge in [0.2, 0.25) is 5.91 Å². The minimum Gasteiger partial charge on any atom is -0.378 e. The van der Waals surface area contributed by atoms with Crippen LogP contribution in [0.15, 0.2) is 90.1 Å². The molecule has 4 aromatic rings. The van der Waals surface area contributed by atoms with Crippen molar-refractivity contribution in [2.45, 2.75) is 31.6 Å². The molecule has 1 fully saturated rings. The third kappa shape index (κ3) is 7.97. The summed E-state index contributed by atoms with van der Waals surface area (Å²) in [6.45, 7) is 6.61. The van der Waals surface area contributed by atoms with Crippen LogP contribution in [0.1, 0.15) is 28.6 Å². The molecule has 1 aliphatic heterocycles. The van der Waals surface area contributed by atoms with Crippen LogP contribution in [0.2, 0.25) is 0 Å². The van der Waals surface area contributed by atoms with E-state index in [-0.39, 0.29) is 18.2 Å². The van der Waals surface area contributed by atoms with E-state index in [0.717, 1.165) is 30.2 Å².